The second kappa shape index (κ2) is 14.5. The zero-order chi connectivity index (χ0) is 31.4. The summed E-state index contributed by atoms with van der Waals surface area (Å²) in [4.78, 5) is 31.8. The fraction of sp³-hybridized carbons (Fsp3) is 0.219. The van der Waals surface area contributed by atoms with E-state index >= 15 is 0 Å². The third kappa shape index (κ3) is 7.00. The summed E-state index contributed by atoms with van der Waals surface area (Å²) >= 11 is 11.7. The van der Waals surface area contributed by atoms with Crippen molar-refractivity contribution in [3.8, 4) is 17.2 Å². The molecule has 0 amide bonds. The Bertz CT molecular complexity index is 1900. The van der Waals surface area contributed by atoms with E-state index in [1.54, 1.807) is 12.1 Å². The fourth-order valence-corrected chi connectivity index (χ4v) is 7.90. The Morgan fingerprint density at radius 1 is 1.00 bits per heavy atom. The number of methoxy groups -OCH3 is 1. The van der Waals surface area contributed by atoms with Gasteiger partial charge in [-0.05, 0) is 118 Å². The van der Waals surface area contributed by atoms with E-state index in [1.165, 1.54) is 29.2 Å². The van der Waals surface area contributed by atoms with Crippen LogP contribution in [0.25, 0.3) is 6.08 Å². The average molecular weight is 857 g/mol. The van der Waals surface area contributed by atoms with Gasteiger partial charge in [0.1, 0.15) is 12.4 Å². The predicted molar refractivity (Wildman–Crippen MR) is 188 cm³/mol. The van der Waals surface area contributed by atoms with E-state index in [0.717, 1.165) is 24.0 Å². The molecule has 228 valence electrons. The lowest BCUT2D eigenvalue weighted by atomic mass is 9.97. The van der Waals surface area contributed by atoms with Crippen molar-refractivity contribution >= 4 is 80.2 Å². The summed E-state index contributed by atoms with van der Waals surface area (Å²) in [6.45, 7) is 5.07. The van der Waals surface area contributed by atoms with Crippen LogP contribution < -0.4 is 29.1 Å². The van der Waals surface area contributed by atoms with Gasteiger partial charge < -0.3 is 18.9 Å². The zero-order valence-corrected chi connectivity index (χ0v) is 29.8. The van der Waals surface area contributed by atoms with Crippen LogP contribution in [0.4, 0.5) is 0 Å². The van der Waals surface area contributed by atoms with Crippen molar-refractivity contribution in [3.63, 3.8) is 0 Å². The number of rotatable bonds is 10. The van der Waals surface area contributed by atoms with E-state index in [9.17, 15) is 9.59 Å². The fourth-order valence-electron chi connectivity index (χ4n) is 4.68. The van der Waals surface area contributed by atoms with Crippen molar-refractivity contribution in [2.75, 3.05) is 20.3 Å². The monoisotopic (exact) mass is 856 g/mol. The third-order valence-electron chi connectivity index (χ3n) is 6.62. The molecule has 4 aromatic rings. The van der Waals surface area contributed by atoms with E-state index in [1.807, 2.05) is 62.4 Å². The van der Waals surface area contributed by atoms with Gasteiger partial charge in [-0.25, -0.2) is 9.79 Å². The molecule has 12 heteroatoms. The first-order valence-corrected chi connectivity index (χ1v) is 16.9. The quantitative estimate of drug-likeness (QED) is 0.139. The molecule has 8 nitrogen and oxygen atoms in total. The maximum Gasteiger partial charge on any atom is 0.337 e. The van der Waals surface area contributed by atoms with Gasteiger partial charge in [0.25, 0.3) is 5.56 Å². The van der Waals surface area contributed by atoms with Crippen molar-refractivity contribution in [3.05, 3.63) is 115 Å². The topological polar surface area (TPSA) is 88.4 Å². The third-order valence-corrected chi connectivity index (χ3v) is 9.47. The summed E-state index contributed by atoms with van der Waals surface area (Å²) < 4.78 is 26.6. The molecular weight excluding hydrogens is 830 g/mol. The number of halogens is 3. The number of hydrogen-bond acceptors (Lipinski definition) is 8. The Balaban J connectivity index is 1.54. The van der Waals surface area contributed by atoms with E-state index in [-0.39, 0.29) is 11.1 Å². The van der Waals surface area contributed by atoms with Crippen LogP contribution in [0.15, 0.2) is 76.2 Å². The van der Waals surface area contributed by atoms with Gasteiger partial charge in [-0.3, -0.25) is 9.36 Å². The molecule has 44 heavy (non-hydrogen) atoms. The van der Waals surface area contributed by atoms with Gasteiger partial charge >= 0.3 is 5.97 Å². The maximum absolute atomic E-state index is 14.0. The van der Waals surface area contributed by atoms with E-state index < -0.39 is 12.0 Å². The first-order chi connectivity index (χ1) is 21.2. The first-order valence-electron chi connectivity index (χ1n) is 13.6. The zero-order valence-electron chi connectivity index (χ0n) is 23.9. The summed E-state index contributed by atoms with van der Waals surface area (Å²) in [7, 11) is 1.31. The molecule has 0 bridgehead atoms. The van der Waals surface area contributed by atoms with Crippen LogP contribution in [0.2, 0.25) is 5.02 Å². The van der Waals surface area contributed by atoms with Gasteiger partial charge in [0.15, 0.2) is 16.3 Å². The Kier molecular flexibility index (Phi) is 10.7. The number of ether oxygens (including phenoxy) is 4. The van der Waals surface area contributed by atoms with Gasteiger partial charge in [0.05, 0.1) is 43.6 Å². The largest absolute Gasteiger partial charge is 0.490 e. The number of carbonyl (C=O) groups excluding carboxylic acids is 1. The minimum atomic E-state index is -0.764. The lowest BCUT2D eigenvalue weighted by Gasteiger charge is -2.23. The summed E-state index contributed by atoms with van der Waals surface area (Å²) in [5.41, 5.74) is 2.49. The Morgan fingerprint density at radius 2 is 1.68 bits per heavy atom. The molecule has 0 saturated carbocycles. The van der Waals surface area contributed by atoms with Crippen molar-refractivity contribution in [1.29, 1.82) is 0 Å². The number of fused-ring (bicyclic) bond motifs is 1. The second-order valence-corrected chi connectivity index (χ2v) is 13.2. The van der Waals surface area contributed by atoms with E-state index in [2.05, 4.69) is 50.2 Å². The van der Waals surface area contributed by atoms with E-state index in [4.69, 9.17) is 30.5 Å². The normalized spacial score (nSPS) is 14.4. The molecule has 0 saturated heterocycles. The molecule has 1 aromatic heterocycles. The Labute approximate surface area is 290 Å². The molecular formula is C32H27ClI2N2O6S. The van der Waals surface area contributed by atoms with Gasteiger partial charge in [-0.2, -0.15) is 0 Å². The van der Waals surface area contributed by atoms with Gasteiger partial charge in [0.2, 0.25) is 0 Å². The van der Waals surface area contributed by atoms with Crippen molar-refractivity contribution in [2.24, 2.45) is 4.99 Å². The summed E-state index contributed by atoms with van der Waals surface area (Å²) in [5.74, 6) is 1.30. The minimum absolute atomic E-state index is 0.240. The minimum Gasteiger partial charge on any atom is -0.490 e. The SMILES string of the molecule is CCOc1ccc([C@@H]2C(C(=O)OC)=CN=c3s/c(=C\c4cc(I)c(OCc5ccc(Cl)cc5)c(I)c4)c(=O)n32)cc1OCC. The van der Waals surface area contributed by atoms with Crippen LogP contribution in [-0.4, -0.2) is 30.9 Å². The molecule has 0 unspecified atom stereocenters. The van der Waals surface area contributed by atoms with Gasteiger partial charge in [-0.15, -0.1) is 0 Å². The van der Waals surface area contributed by atoms with Gasteiger partial charge in [-0.1, -0.05) is 41.1 Å². The summed E-state index contributed by atoms with van der Waals surface area (Å²) in [6.07, 6.45) is 3.31. The molecule has 0 spiro atoms. The molecule has 1 aliphatic heterocycles. The molecule has 3 aromatic carbocycles. The summed E-state index contributed by atoms with van der Waals surface area (Å²) in [6, 6.07) is 16.1. The van der Waals surface area contributed by atoms with E-state index in [0.29, 0.717) is 51.2 Å². The number of nitrogens with zero attached hydrogens (tertiary/aromatic N) is 2. The van der Waals surface area contributed by atoms with Crippen molar-refractivity contribution < 1.29 is 23.7 Å². The van der Waals surface area contributed by atoms with Gasteiger partial charge in [0, 0.05) is 11.2 Å². The van der Waals surface area contributed by atoms with Crippen molar-refractivity contribution in [1.82, 2.24) is 4.57 Å². The Hall–Kier alpha value is -2.88. The van der Waals surface area contributed by atoms with Crippen LogP contribution in [0.5, 0.6) is 17.2 Å². The first kappa shape index (κ1) is 32.5. The van der Waals surface area contributed by atoms with Crippen LogP contribution in [0.3, 0.4) is 0 Å². The number of benzene rings is 3. The number of esters is 1. The highest BCUT2D eigenvalue weighted by Crippen LogP contribution is 2.35. The molecule has 1 atom stereocenters. The summed E-state index contributed by atoms with van der Waals surface area (Å²) in [5, 5.41) is 0.676. The molecule has 0 aliphatic carbocycles. The smallest absolute Gasteiger partial charge is 0.337 e. The highest BCUT2D eigenvalue weighted by atomic mass is 127. The molecule has 2 heterocycles. The van der Waals surface area contributed by atoms with Crippen LogP contribution in [0.1, 0.15) is 36.6 Å². The highest BCUT2D eigenvalue weighted by Gasteiger charge is 2.31. The molecule has 0 N–H and O–H groups in total. The standard InChI is InChI=1S/C32H27ClI2N2O6S/c1-4-41-25-11-8-20(15-26(25)42-5-2)28-22(31(39)40-3)16-36-32-37(28)30(38)27(44-32)14-19-12-23(34)29(24(35)13-19)43-17-18-6-9-21(33)10-7-18/h6-16,28H,4-5,17H2,1-3H3/b27-14-/t28-/m1/s1. The molecule has 0 radical (unpaired) electrons. The Morgan fingerprint density at radius 3 is 2.34 bits per heavy atom. The lowest BCUT2D eigenvalue weighted by Crippen LogP contribution is -2.39. The molecule has 5 rings (SSSR count). The number of thiazole rings is 1. The average Bonchev–Trinajstić information content (AvgIpc) is 3.32. The van der Waals surface area contributed by atoms with Crippen molar-refractivity contribution in [2.45, 2.75) is 26.5 Å². The molecule has 0 fully saturated rings. The number of aromatic nitrogens is 1. The lowest BCUT2D eigenvalue weighted by molar-refractivity contribution is -0.136. The number of carbonyl (C=O) groups is 1. The van der Waals surface area contributed by atoms with Crippen LogP contribution >= 0.6 is 68.1 Å². The highest BCUT2D eigenvalue weighted by molar-refractivity contribution is 14.1. The van der Waals surface area contributed by atoms with Crippen LogP contribution in [0, 0.1) is 7.14 Å². The predicted octanol–water partition coefficient (Wildman–Crippen LogP) is 6.26. The second-order valence-electron chi connectivity index (χ2n) is 9.48. The van der Waals surface area contributed by atoms with Crippen LogP contribution in [-0.2, 0) is 16.1 Å². The maximum atomic E-state index is 14.0. The number of hydrogen-bond donors (Lipinski definition) is 0. The molecule has 1 aliphatic rings.